The summed E-state index contributed by atoms with van der Waals surface area (Å²) in [7, 11) is 6.20. The van der Waals surface area contributed by atoms with Crippen LogP contribution in [0, 0.1) is 59.2 Å². The molecule has 1 unspecified atom stereocenters. The second-order valence-electron chi connectivity index (χ2n) is 38.2. The van der Waals surface area contributed by atoms with Crippen LogP contribution in [-0.4, -0.2) is 294 Å². The second-order valence-corrected chi connectivity index (χ2v) is 38.2. The van der Waals surface area contributed by atoms with E-state index in [1.54, 1.807) is 82.3 Å². The third kappa shape index (κ3) is 33.0. The zero-order chi connectivity index (χ0) is 100. The van der Waals surface area contributed by atoms with Gasteiger partial charge in [0.2, 0.25) is 41.4 Å². The highest BCUT2D eigenvalue weighted by molar-refractivity contribution is 5.98. The first kappa shape index (κ1) is 113. The number of aliphatic hydroxyl groups is 5. The van der Waals surface area contributed by atoms with E-state index < -0.39 is 151 Å². The quantitative estimate of drug-likeness (QED) is 0.0152. The summed E-state index contributed by atoms with van der Waals surface area (Å²) in [4.78, 5) is 163. The molecule has 8 N–H and O–H groups in total. The number of carbonyl (C=O) groups is 11. The number of aliphatic hydroxyl groups excluding tert-OH is 5. The number of amides is 7. The van der Waals surface area contributed by atoms with Gasteiger partial charge >= 0.3 is 0 Å². The standard InChI is InChI=1S/C103H154N10O24/c1-16-67(8)93(85(130-14)60-89(121)111-48-29-40-81(111)98(131-15)69(10)99(126)105-70(11)94(122)73-33-19-17-20-34-73)110(13)102(129)78(64(2)3)59-83(118)92(66(6)7)109(12)101(128)68(9)57-82(117)90(65(4)5)106-100(127)74(35-27-28-47-104-87(119)63-136-84-41-22-18-21-39-80-91(84)107-108-113(80)103-97(125)96(124)95(123)86(62-114)137-103)58-77(116)46-50-133-52-54-135-56-55-134-53-51-132-49-30-37-76(115)44-45-88(120)112-61-75-36-24-23-31-71(75)42-43-72-32-25-26-38-79(72)112/h17,19-20,23-26,31-34,36,38,64-70,74,78,81,84-86,90,92-98,103,114,122-125H,16,18,21-22,27-30,35,37,39-41,44-63H2,1-15H3,(H,104,119)(H,105,126)(H,106,127)/t67-,68+,69+,70+,74-,78-,81-,84?,85+,86+,90-,92-,93-,94+,95-,96-,97+,98+,103+/m0/s1. The van der Waals surface area contributed by atoms with Crippen LogP contribution in [0.25, 0.3) is 0 Å². The number of ether oxygens (including phenoxy) is 8. The number of para-hydroxylation sites is 1. The number of benzene rings is 3. The molecule has 760 valence electrons. The predicted molar refractivity (Wildman–Crippen MR) is 511 cm³/mol. The number of likely N-dealkylation sites (tertiary alicyclic amines) is 1. The van der Waals surface area contributed by atoms with Gasteiger partial charge in [0.25, 0.3) is 0 Å². The molecule has 3 aliphatic heterocycles. The maximum Gasteiger partial charge on any atom is 0.246 e. The minimum Gasteiger partial charge on any atom is -0.394 e. The Kier molecular flexibility index (Phi) is 47.5. The van der Waals surface area contributed by atoms with E-state index in [4.69, 9.17) is 37.9 Å². The fourth-order valence-electron chi connectivity index (χ4n) is 18.9. The van der Waals surface area contributed by atoms with Crippen LogP contribution in [-0.2, 0) is 104 Å². The third-order valence-corrected chi connectivity index (χ3v) is 27.1. The van der Waals surface area contributed by atoms with Crippen molar-refractivity contribution in [1.82, 2.24) is 45.6 Å². The van der Waals surface area contributed by atoms with Crippen molar-refractivity contribution < 1.29 is 116 Å². The van der Waals surface area contributed by atoms with E-state index >= 15 is 4.79 Å². The summed E-state index contributed by atoms with van der Waals surface area (Å²) in [6.07, 6.45) is -4.32. The predicted octanol–water partition coefficient (Wildman–Crippen LogP) is 8.43. The minimum absolute atomic E-state index is 0.0251. The van der Waals surface area contributed by atoms with Gasteiger partial charge in [-0.1, -0.05) is 173 Å². The zero-order valence-corrected chi connectivity index (χ0v) is 83.2. The molecule has 7 amide bonds. The number of ketones is 4. The first-order valence-corrected chi connectivity index (χ1v) is 49.3. The molecule has 8 rings (SSSR count). The van der Waals surface area contributed by atoms with Crippen LogP contribution in [0.1, 0.15) is 250 Å². The van der Waals surface area contributed by atoms with Crippen molar-refractivity contribution in [2.75, 3.05) is 112 Å². The van der Waals surface area contributed by atoms with E-state index in [9.17, 15) is 73.5 Å². The van der Waals surface area contributed by atoms with Crippen molar-refractivity contribution in [3.05, 3.63) is 113 Å². The summed E-state index contributed by atoms with van der Waals surface area (Å²) < 4.78 is 48.4. The normalized spacial score (nSPS) is 20.4. The lowest BCUT2D eigenvalue weighted by Crippen LogP contribution is -2.56. The van der Waals surface area contributed by atoms with Gasteiger partial charge in [-0.3, -0.25) is 52.7 Å². The van der Waals surface area contributed by atoms with Crippen molar-refractivity contribution in [1.29, 1.82) is 0 Å². The van der Waals surface area contributed by atoms with Crippen LogP contribution in [0.3, 0.4) is 0 Å². The van der Waals surface area contributed by atoms with E-state index in [2.05, 4.69) is 38.1 Å². The van der Waals surface area contributed by atoms with Crippen molar-refractivity contribution in [3.63, 3.8) is 0 Å². The largest absolute Gasteiger partial charge is 0.394 e. The number of nitrogens with one attached hydrogen (secondary N) is 3. The fourth-order valence-corrected chi connectivity index (χ4v) is 18.9. The average molecular weight is 1920 g/mol. The Morgan fingerprint density at radius 1 is 0.613 bits per heavy atom. The van der Waals surface area contributed by atoms with Crippen LogP contribution in [0.5, 0.6) is 0 Å². The number of aromatic nitrogens is 3. The highest BCUT2D eigenvalue weighted by Gasteiger charge is 2.48. The molecule has 0 saturated carbocycles. The first-order chi connectivity index (χ1) is 65.6. The summed E-state index contributed by atoms with van der Waals surface area (Å²) in [6.45, 7) is 21.7. The van der Waals surface area contributed by atoms with Crippen LogP contribution < -0.4 is 20.9 Å². The van der Waals surface area contributed by atoms with Crippen LogP contribution in [0.15, 0.2) is 78.9 Å². The van der Waals surface area contributed by atoms with Crippen LogP contribution in [0.2, 0.25) is 0 Å². The molecule has 4 aliphatic rings. The van der Waals surface area contributed by atoms with Crippen LogP contribution in [0.4, 0.5) is 5.69 Å². The zero-order valence-electron chi connectivity index (χ0n) is 83.2. The SMILES string of the molecule is CC[C@H](C)[C@@H]([C@@H](CC(=O)N1CCC[C@H]1[C@H](OC)[C@@H](C)C(=O)N[C@H](C)[C@@H](O)c1ccccc1)OC)N(C)C(=O)[C@@H](CC(=O)[C@H](C(C)C)N(C)C(=O)[C@H](C)CC(=O)[C@@H](NC(=O)[C@@H](CCCCNC(=O)COC1CCCCCc2c1nnn2[C@@H]1O[C@H](CO)[C@H](O)[C@H](O)[C@H]1O)CC(=O)CCOCCOCCOCCOCCCC(=O)CCC(=O)N1Cc2ccccc2C#Cc2ccccc21)C(C)C)C(C)C. The van der Waals surface area contributed by atoms with E-state index in [-0.39, 0.29) is 157 Å². The second kappa shape index (κ2) is 57.5. The van der Waals surface area contributed by atoms with E-state index in [0.717, 1.165) is 41.6 Å². The first-order valence-electron chi connectivity index (χ1n) is 49.3. The van der Waals surface area contributed by atoms with Gasteiger partial charge in [0.15, 0.2) is 17.8 Å². The van der Waals surface area contributed by atoms with Gasteiger partial charge in [0.05, 0.1) is 132 Å². The van der Waals surface area contributed by atoms with Crippen molar-refractivity contribution >= 4 is 70.2 Å². The smallest absolute Gasteiger partial charge is 0.246 e. The number of hydrogen-bond donors (Lipinski definition) is 8. The van der Waals surface area contributed by atoms with Gasteiger partial charge in [0.1, 0.15) is 54.4 Å². The lowest BCUT2D eigenvalue weighted by molar-refractivity contribution is -0.254. The third-order valence-electron chi connectivity index (χ3n) is 27.1. The summed E-state index contributed by atoms with van der Waals surface area (Å²) >= 11 is 0. The van der Waals surface area contributed by atoms with Gasteiger partial charge in [-0.05, 0) is 111 Å². The topological polar surface area (TPSA) is 443 Å². The molecule has 0 bridgehead atoms. The number of hydrogen-bond acceptors (Lipinski definition) is 26. The molecular formula is C103H154N10O24. The molecule has 1 aliphatic carbocycles. The van der Waals surface area contributed by atoms with Crippen molar-refractivity contribution in [3.8, 4) is 11.8 Å². The molecule has 0 spiro atoms. The summed E-state index contributed by atoms with van der Waals surface area (Å²) in [6, 6.07) is 20.5. The Morgan fingerprint density at radius 2 is 1.27 bits per heavy atom. The number of rotatable bonds is 59. The Balaban J connectivity index is 0.817. The average Bonchev–Trinajstić information content (AvgIpc) is 1.66. The molecule has 137 heavy (non-hydrogen) atoms. The maximum absolute atomic E-state index is 15.2. The molecule has 0 radical (unpaired) electrons. The number of methoxy groups -OCH3 is 2. The molecule has 4 heterocycles. The Hall–Kier alpha value is -9.19. The van der Waals surface area contributed by atoms with Crippen molar-refractivity contribution in [2.45, 2.75) is 296 Å². The molecule has 34 heteroatoms. The number of Topliss-reactive ketones (excluding diaryl/α,β-unsaturated/α-hetero) is 4. The molecule has 2 saturated heterocycles. The molecule has 1 aromatic heterocycles. The van der Waals surface area contributed by atoms with E-state index in [1.807, 2.05) is 94.4 Å². The van der Waals surface area contributed by atoms with E-state index in [0.29, 0.717) is 101 Å². The summed E-state index contributed by atoms with van der Waals surface area (Å²) in [5.41, 5.74) is 4.91. The highest BCUT2D eigenvalue weighted by atomic mass is 16.6. The molecule has 3 aromatic carbocycles. The molecule has 34 nitrogen and oxygen atoms in total. The summed E-state index contributed by atoms with van der Waals surface area (Å²) in [5, 5.41) is 70.3. The Morgan fingerprint density at radius 3 is 1.93 bits per heavy atom. The highest BCUT2D eigenvalue weighted by Crippen LogP contribution is 2.38. The Labute approximate surface area is 808 Å². The number of unbranched alkanes of at least 4 members (excludes halogenated alkanes) is 1. The molecule has 19 atom stereocenters. The van der Waals surface area contributed by atoms with Gasteiger partial charge in [0, 0.05) is 122 Å². The fraction of sp³-hybridized carbons (Fsp3) is 0.680. The van der Waals surface area contributed by atoms with Gasteiger partial charge in [-0.15, -0.1) is 5.10 Å². The van der Waals surface area contributed by atoms with Gasteiger partial charge < -0.3 is 99.0 Å². The lowest BCUT2D eigenvalue weighted by atomic mass is 9.83. The Bertz CT molecular complexity index is 4580. The van der Waals surface area contributed by atoms with Crippen molar-refractivity contribution in [2.24, 2.45) is 47.3 Å². The number of nitrogens with zero attached hydrogens (tertiary/aromatic N) is 7. The summed E-state index contributed by atoms with van der Waals surface area (Å²) in [5.74, 6) is -2.26. The number of carbonyl (C=O) groups excluding carboxylic acids is 11. The number of likely N-dealkylation sites (N-methyl/N-ethyl adjacent to an activating group) is 2. The molecule has 2 fully saturated rings. The van der Waals surface area contributed by atoms with E-state index in [1.165, 1.54) is 30.8 Å². The monoisotopic (exact) mass is 1920 g/mol. The maximum atomic E-state index is 15.2. The minimum atomic E-state index is -1.64. The number of fused-ring (bicyclic) bond motifs is 3. The van der Waals surface area contributed by atoms with Gasteiger partial charge in [-0.2, -0.15) is 0 Å². The lowest BCUT2D eigenvalue weighted by Gasteiger charge is -2.41. The molecule has 4 aromatic rings. The van der Waals surface area contributed by atoms with Crippen LogP contribution >= 0.6 is 0 Å². The van der Waals surface area contributed by atoms with Gasteiger partial charge in [-0.25, -0.2) is 4.68 Å². The number of anilines is 1. The molecular weight excluding hydrogens is 1760 g/mol.